The van der Waals surface area contributed by atoms with E-state index in [9.17, 15) is 27.9 Å². The van der Waals surface area contributed by atoms with Gasteiger partial charge in [0.25, 0.3) is 11.5 Å². The zero-order valence-corrected chi connectivity index (χ0v) is 14.0. The second kappa shape index (κ2) is 6.88. The minimum atomic E-state index is -4.62. The summed E-state index contributed by atoms with van der Waals surface area (Å²) in [5, 5.41) is 18.2. The number of benzene rings is 1. The maximum atomic E-state index is 13.2. The van der Waals surface area contributed by atoms with Crippen LogP contribution in [0.5, 0.6) is 0 Å². The molecule has 0 saturated heterocycles. The zero-order chi connectivity index (χ0) is 19.8. The Hall–Kier alpha value is -3.14. The van der Waals surface area contributed by atoms with Crippen molar-refractivity contribution in [2.45, 2.75) is 19.2 Å². The molecule has 7 nitrogen and oxygen atoms in total. The minimum Gasteiger partial charge on any atom is -0.392 e. The van der Waals surface area contributed by atoms with Gasteiger partial charge in [-0.15, -0.1) is 0 Å². The van der Waals surface area contributed by atoms with Crippen molar-refractivity contribution in [1.29, 1.82) is 0 Å². The highest BCUT2D eigenvalue weighted by atomic mass is 19.4. The molecule has 2 aromatic heterocycles. The van der Waals surface area contributed by atoms with E-state index in [1.807, 2.05) is 0 Å². The molecule has 3 rings (SSSR count). The van der Waals surface area contributed by atoms with Crippen LogP contribution < -0.4 is 10.9 Å². The zero-order valence-electron chi connectivity index (χ0n) is 14.0. The number of nitrogens with one attached hydrogen (secondary N) is 3. The van der Waals surface area contributed by atoms with Gasteiger partial charge in [0.15, 0.2) is 0 Å². The summed E-state index contributed by atoms with van der Waals surface area (Å²) in [6.07, 6.45) is -2.92. The molecule has 1 atom stereocenters. The molecular formula is C17H15F3N4O3. The SMILES string of the molecule is C[C@H](O)CNC(=O)c1c[nH]c(=O)c(-c2cc(C(F)(F)F)cc3[nH]ncc23)c1. The second-order valence-corrected chi connectivity index (χ2v) is 6.04. The van der Waals surface area contributed by atoms with E-state index in [4.69, 9.17) is 0 Å². The summed E-state index contributed by atoms with van der Waals surface area (Å²) in [5.74, 6) is -0.580. The van der Waals surface area contributed by atoms with E-state index in [2.05, 4.69) is 20.5 Å². The molecule has 142 valence electrons. The average Bonchev–Trinajstić information content (AvgIpc) is 3.07. The Bertz CT molecular complexity index is 1050. The van der Waals surface area contributed by atoms with Gasteiger partial charge in [0.05, 0.1) is 28.9 Å². The van der Waals surface area contributed by atoms with Crippen LogP contribution in [0, 0.1) is 0 Å². The van der Waals surface area contributed by atoms with Gasteiger partial charge in [-0.2, -0.15) is 18.3 Å². The Morgan fingerprint density at radius 1 is 1.30 bits per heavy atom. The number of fused-ring (bicyclic) bond motifs is 1. The Morgan fingerprint density at radius 3 is 2.70 bits per heavy atom. The monoisotopic (exact) mass is 380 g/mol. The highest BCUT2D eigenvalue weighted by Crippen LogP contribution is 2.35. The molecule has 1 aromatic carbocycles. The number of alkyl halides is 3. The van der Waals surface area contributed by atoms with E-state index in [-0.39, 0.29) is 28.8 Å². The number of H-pyrrole nitrogens is 2. The molecule has 0 aliphatic heterocycles. The standard InChI is InChI=1S/C17H15F3N4O3/c1-8(25)5-21-15(26)9-2-12(16(27)22-6-9)11-3-10(17(18,19)20)4-14-13(11)7-23-24-14/h2-4,6-8,25H,5H2,1H3,(H,21,26)(H,22,27)(H,23,24)/t8-/m0/s1. The number of hydrogen-bond acceptors (Lipinski definition) is 4. The molecule has 0 unspecified atom stereocenters. The Morgan fingerprint density at radius 2 is 2.04 bits per heavy atom. The van der Waals surface area contributed by atoms with Gasteiger partial charge in [-0.3, -0.25) is 14.7 Å². The van der Waals surface area contributed by atoms with E-state index >= 15 is 0 Å². The molecule has 0 aliphatic rings. The number of aliphatic hydroxyl groups excluding tert-OH is 1. The van der Waals surface area contributed by atoms with Crippen molar-refractivity contribution in [1.82, 2.24) is 20.5 Å². The number of amides is 1. The first-order valence-corrected chi connectivity index (χ1v) is 7.90. The molecule has 4 N–H and O–H groups in total. The van der Waals surface area contributed by atoms with Crippen LogP contribution in [0.1, 0.15) is 22.8 Å². The molecule has 10 heteroatoms. The molecule has 1 amide bonds. The first-order chi connectivity index (χ1) is 12.7. The smallest absolute Gasteiger partial charge is 0.392 e. The maximum Gasteiger partial charge on any atom is 0.416 e. The number of aromatic amines is 2. The maximum absolute atomic E-state index is 13.2. The molecule has 0 spiro atoms. The molecule has 2 heterocycles. The predicted octanol–water partition coefficient (Wildman–Crippen LogP) is 2.05. The molecule has 0 fully saturated rings. The number of carbonyl (C=O) groups excluding carboxylic acids is 1. The first kappa shape index (κ1) is 18.6. The van der Waals surface area contributed by atoms with E-state index in [0.717, 1.165) is 18.3 Å². The largest absolute Gasteiger partial charge is 0.416 e. The molecule has 3 aromatic rings. The van der Waals surface area contributed by atoms with Crippen LogP contribution in [0.4, 0.5) is 13.2 Å². The number of aliphatic hydroxyl groups is 1. The normalized spacial score (nSPS) is 12.9. The van der Waals surface area contributed by atoms with Gasteiger partial charge < -0.3 is 15.4 Å². The summed E-state index contributed by atoms with van der Waals surface area (Å²) in [7, 11) is 0. The fourth-order valence-corrected chi connectivity index (χ4v) is 2.60. The van der Waals surface area contributed by atoms with Crippen molar-refractivity contribution in [3.8, 4) is 11.1 Å². The molecule has 0 radical (unpaired) electrons. The summed E-state index contributed by atoms with van der Waals surface area (Å²) in [4.78, 5) is 26.7. The third-order valence-electron chi connectivity index (χ3n) is 3.90. The average molecular weight is 380 g/mol. The van der Waals surface area contributed by atoms with Crippen molar-refractivity contribution in [3.05, 3.63) is 52.1 Å². The quantitative estimate of drug-likeness (QED) is 0.555. The highest BCUT2D eigenvalue weighted by Gasteiger charge is 2.32. The lowest BCUT2D eigenvalue weighted by Crippen LogP contribution is -2.31. The Kier molecular flexibility index (Phi) is 4.75. The number of rotatable bonds is 4. The summed E-state index contributed by atoms with van der Waals surface area (Å²) < 4.78 is 39.6. The fraction of sp³-hybridized carbons (Fsp3) is 0.235. The first-order valence-electron chi connectivity index (χ1n) is 7.90. The molecule has 0 saturated carbocycles. The number of hydrogen-bond donors (Lipinski definition) is 4. The van der Waals surface area contributed by atoms with Crippen LogP contribution in [0.15, 0.2) is 35.4 Å². The number of nitrogens with zero attached hydrogens (tertiary/aromatic N) is 1. The minimum absolute atomic E-state index is 0.00000115. The Balaban J connectivity index is 2.13. The summed E-state index contributed by atoms with van der Waals surface area (Å²) >= 11 is 0. The van der Waals surface area contributed by atoms with Gasteiger partial charge in [0, 0.05) is 23.7 Å². The van der Waals surface area contributed by atoms with Crippen molar-refractivity contribution in [2.75, 3.05) is 6.54 Å². The third kappa shape index (κ3) is 3.85. The number of aromatic nitrogens is 3. The van der Waals surface area contributed by atoms with E-state index in [1.165, 1.54) is 19.2 Å². The lowest BCUT2D eigenvalue weighted by Gasteiger charge is -2.11. The van der Waals surface area contributed by atoms with Gasteiger partial charge in [0.2, 0.25) is 0 Å². The van der Waals surface area contributed by atoms with Crippen molar-refractivity contribution < 1.29 is 23.1 Å². The Labute approximate surface area is 150 Å². The summed E-state index contributed by atoms with van der Waals surface area (Å²) in [5.41, 5.74) is -1.54. The van der Waals surface area contributed by atoms with Crippen molar-refractivity contribution in [2.24, 2.45) is 0 Å². The third-order valence-corrected chi connectivity index (χ3v) is 3.90. The van der Waals surface area contributed by atoms with E-state index < -0.39 is 29.3 Å². The van der Waals surface area contributed by atoms with Crippen LogP contribution in [0.3, 0.4) is 0 Å². The number of carbonyl (C=O) groups is 1. The summed E-state index contributed by atoms with van der Waals surface area (Å²) in [6, 6.07) is 2.96. The lowest BCUT2D eigenvalue weighted by molar-refractivity contribution is -0.137. The number of halogens is 3. The topological polar surface area (TPSA) is 111 Å². The second-order valence-electron chi connectivity index (χ2n) is 6.04. The number of pyridine rings is 1. The fourth-order valence-electron chi connectivity index (χ4n) is 2.60. The molecule has 0 aliphatic carbocycles. The van der Waals surface area contributed by atoms with Gasteiger partial charge in [-0.1, -0.05) is 0 Å². The molecule has 0 bridgehead atoms. The van der Waals surface area contributed by atoms with Crippen LogP contribution in [0.25, 0.3) is 22.0 Å². The van der Waals surface area contributed by atoms with Crippen LogP contribution in [0.2, 0.25) is 0 Å². The lowest BCUT2D eigenvalue weighted by atomic mass is 9.99. The van der Waals surface area contributed by atoms with E-state index in [1.54, 1.807) is 0 Å². The van der Waals surface area contributed by atoms with Crippen LogP contribution in [-0.2, 0) is 6.18 Å². The predicted molar refractivity (Wildman–Crippen MR) is 91.2 cm³/mol. The van der Waals surface area contributed by atoms with Crippen molar-refractivity contribution >= 4 is 16.8 Å². The molecular weight excluding hydrogens is 365 g/mol. The van der Waals surface area contributed by atoms with Gasteiger partial charge in [-0.25, -0.2) is 0 Å². The van der Waals surface area contributed by atoms with Crippen LogP contribution in [-0.4, -0.2) is 38.8 Å². The highest BCUT2D eigenvalue weighted by molar-refractivity contribution is 5.98. The molecule has 27 heavy (non-hydrogen) atoms. The summed E-state index contributed by atoms with van der Waals surface area (Å²) in [6.45, 7) is 1.47. The van der Waals surface area contributed by atoms with Crippen LogP contribution >= 0.6 is 0 Å². The van der Waals surface area contributed by atoms with Crippen molar-refractivity contribution in [3.63, 3.8) is 0 Å². The van der Waals surface area contributed by atoms with Gasteiger partial charge in [-0.05, 0) is 30.7 Å². The van der Waals surface area contributed by atoms with Gasteiger partial charge >= 0.3 is 6.18 Å². The van der Waals surface area contributed by atoms with E-state index in [0.29, 0.717) is 5.39 Å². The van der Waals surface area contributed by atoms with Gasteiger partial charge in [0.1, 0.15) is 0 Å².